The maximum Gasteiger partial charge on any atom is 0.345 e. The first-order chi connectivity index (χ1) is 2.94. The summed E-state index contributed by atoms with van der Waals surface area (Å²) in [6, 6.07) is 0. The smallest absolute Gasteiger partial charge is 0.345 e. The third-order valence-electron chi connectivity index (χ3n) is 0.390. The Labute approximate surface area is 54.5 Å². The Balaban J connectivity index is 3.79. The quantitative estimate of drug-likeness (QED) is 0.486. The summed E-state index contributed by atoms with van der Waals surface area (Å²) in [6.45, 7) is 1.20. The van der Waals surface area contributed by atoms with Gasteiger partial charge in [-0.25, -0.2) is 4.79 Å². The van der Waals surface area contributed by atoms with Crippen LogP contribution in [0, 0.1) is 0 Å². The molecule has 7 heavy (non-hydrogen) atoms. The van der Waals surface area contributed by atoms with Crippen LogP contribution < -0.4 is 0 Å². The molecule has 2 N–H and O–H groups in total. The van der Waals surface area contributed by atoms with Crippen molar-refractivity contribution in [3.63, 3.8) is 0 Å². The molecule has 1 atom stereocenters. The van der Waals surface area contributed by atoms with Crippen molar-refractivity contribution in [1.82, 2.24) is 0 Å². The van der Waals surface area contributed by atoms with Crippen molar-refractivity contribution in [1.29, 1.82) is 0 Å². The van der Waals surface area contributed by atoms with Crippen molar-refractivity contribution in [2.45, 2.75) is 10.5 Å². The van der Waals surface area contributed by atoms with E-state index in [4.69, 9.17) is 10.2 Å². The number of alkyl halides is 1. The lowest BCUT2D eigenvalue weighted by atomic mass is 10.4. The lowest BCUT2D eigenvalue weighted by Gasteiger charge is -2.05. The molecular formula is C3H5IO3. The monoisotopic (exact) mass is 216 g/mol. The second-order valence-electron chi connectivity index (χ2n) is 1.26. The summed E-state index contributed by atoms with van der Waals surface area (Å²) in [5.74, 6) is -1.21. The average molecular weight is 216 g/mol. The van der Waals surface area contributed by atoms with E-state index in [2.05, 4.69) is 0 Å². The Hall–Kier alpha value is 0.160. The zero-order valence-electron chi connectivity index (χ0n) is 3.68. The van der Waals surface area contributed by atoms with Gasteiger partial charge < -0.3 is 10.2 Å². The number of halogens is 1. The zero-order chi connectivity index (χ0) is 6.08. The Bertz CT molecular complexity index is 82.7. The number of aliphatic hydroxyl groups is 1. The van der Waals surface area contributed by atoms with E-state index < -0.39 is 9.58 Å². The predicted octanol–water partition coefficient (Wildman–Crippen LogP) is 0.215. The molecule has 0 aliphatic carbocycles. The summed E-state index contributed by atoms with van der Waals surface area (Å²) in [6.07, 6.45) is 0. The first-order valence-corrected chi connectivity index (χ1v) is 2.67. The fourth-order valence-corrected chi connectivity index (χ4v) is 0. The Kier molecular flexibility index (Phi) is 2.00. The van der Waals surface area contributed by atoms with E-state index in [9.17, 15) is 4.79 Å². The summed E-state index contributed by atoms with van der Waals surface area (Å²) in [5, 5.41) is 16.5. The highest BCUT2D eigenvalue weighted by molar-refractivity contribution is 14.1. The van der Waals surface area contributed by atoms with E-state index in [1.807, 2.05) is 0 Å². The fraction of sp³-hybridized carbons (Fsp3) is 0.667. The van der Waals surface area contributed by atoms with Crippen LogP contribution in [0.4, 0.5) is 0 Å². The first-order valence-electron chi connectivity index (χ1n) is 1.59. The van der Waals surface area contributed by atoms with Crippen molar-refractivity contribution in [3.05, 3.63) is 0 Å². The minimum Gasteiger partial charge on any atom is -0.479 e. The molecule has 0 amide bonds. The molecule has 0 saturated carbocycles. The highest BCUT2D eigenvalue weighted by atomic mass is 127. The van der Waals surface area contributed by atoms with Gasteiger partial charge in [-0.15, -0.1) is 0 Å². The normalized spacial score (nSPS) is 18.1. The van der Waals surface area contributed by atoms with Crippen molar-refractivity contribution < 1.29 is 15.0 Å². The zero-order valence-corrected chi connectivity index (χ0v) is 5.84. The Morgan fingerprint density at radius 3 is 2.00 bits per heavy atom. The summed E-state index contributed by atoms with van der Waals surface area (Å²) in [4.78, 5) is 9.76. The van der Waals surface area contributed by atoms with E-state index in [0.29, 0.717) is 0 Å². The van der Waals surface area contributed by atoms with Crippen LogP contribution in [0.25, 0.3) is 0 Å². The molecule has 4 heteroatoms. The van der Waals surface area contributed by atoms with Crippen LogP contribution in [0.3, 0.4) is 0 Å². The lowest BCUT2D eigenvalue weighted by Crippen LogP contribution is -2.26. The van der Waals surface area contributed by atoms with Gasteiger partial charge in [-0.3, -0.25) is 0 Å². The predicted molar refractivity (Wildman–Crippen MR) is 32.3 cm³/mol. The van der Waals surface area contributed by atoms with Gasteiger partial charge in [0.1, 0.15) is 0 Å². The van der Waals surface area contributed by atoms with Gasteiger partial charge in [0.2, 0.25) is 3.61 Å². The van der Waals surface area contributed by atoms with Crippen LogP contribution in [0.15, 0.2) is 0 Å². The third kappa shape index (κ3) is 2.81. The van der Waals surface area contributed by atoms with Crippen LogP contribution in [0.2, 0.25) is 0 Å². The van der Waals surface area contributed by atoms with Gasteiger partial charge in [-0.1, -0.05) is 0 Å². The topological polar surface area (TPSA) is 57.5 Å². The molecule has 0 radical (unpaired) electrons. The molecule has 0 aromatic carbocycles. The first kappa shape index (κ1) is 7.16. The third-order valence-corrected chi connectivity index (χ3v) is 0.852. The number of carboxylic acids is 1. The molecule has 0 bridgehead atoms. The minimum atomic E-state index is -1.61. The second-order valence-corrected chi connectivity index (χ2v) is 3.36. The number of hydrogen-bond donors (Lipinski definition) is 2. The van der Waals surface area contributed by atoms with Gasteiger partial charge in [-0.2, -0.15) is 0 Å². The summed E-state index contributed by atoms with van der Waals surface area (Å²) >= 11 is 1.42. The van der Waals surface area contributed by atoms with E-state index in [-0.39, 0.29) is 0 Å². The molecule has 0 aromatic rings. The van der Waals surface area contributed by atoms with Crippen LogP contribution in [-0.4, -0.2) is 19.8 Å². The molecule has 42 valence electrons. The van der Waals surface area contributed by atoms with Crippen LogP contribution in [-0.2, 0) is 4.79 Å². The van der Waals surface area contributed by atoms with Gasteiger partial charge in [-0.05, 0) is 29.5 Å². The fourth-order valence-electron chi connectivity index (χ4n) is 0. The number of rotatable bonds is 1. The van der Waals surface area contributed by atoms with Crippen molar-refractivity contribution in [3.8, 4) is 0 Å². The largest absolute Gasteiger partial charge is 0.479 e. The molecule has 0 saturated heterocycles. The number of aliphatic carboxylic acids is 1. The Morgan fingerprint density at radius 1 is 1.86 bits per heavy atom. The average Bonchev–Trinajstić information content (AvgIpc) is 1.31. The van der Waals surface area contributed by atoms with Crippen molar-refractivity contribution in [2.24, 2.45) is 0 Å². The second kappa shape index (κ2) is 1.95. The lowest BCUT2D eigenvalue weighted by molar-refractivity contribution is -0.146. The summed E-state index contributed by atoms with van der Waals surface area (Å²) in [7, 11) is 0. The number of hydrogen-bond acceptors (Lipinski definition) is 2. The van der Waals surface area contributed by atoms with Crippen molar-refractivity contribution >= 4 is 28.6 Å². The molecule has 0 aliphatic rings. The van der Waals surface area contributed by atoms with E-state index in [1.165, 1.54) is 29.5 Å². The Morgan fingerprint density at radius 2 is 2.00 bits per heavy atom. The highest BCUT2D eigenvalue weighted by Gasteiger charge is 2.24. The van der Waals surface area contributed by atoms with E-state index in [0.717, 1.165) is 0 Å². The van der Waals surface area contributed by atoms with Gasteiger partial charge in [0.15, 0.2) is 0 Å². The summed E-state index contributed by atoms with van der Waals surface area (Å²) < 4.78 is -1.61. The van der Waals surface area contributed by atoms with Crippen LogP contribution in [0.1, 0.15) is 6.92 Å². The molecule has 0 heterocycles. The van der Waals surface area contributed by atoms with E-state index >= 15 is 0 Å². The highest BCUT2D eigenvalue weighted by Crippen LogP contribution is 2.11. The molecule has 0 aliphatic heterocycles. The van der Waals surface area contributed by atoms with Gasteiger partial charge in [0.25, 0.3) is 0 Å². The van der Waals surface area contributed by atoms with Gasteiger partial charge in [0, 0.05) is 0 Å². The van der Waals surface area contributed by atoms with Crippen LogP contribution >= 0.6 is 22.6 Å². The standard InChI is InChI=1S/C3H5IO3/c1-3(4,7)2(5)6/h7H,1H3,(H,5,6). The van der Waals surface area contributed by atoms with E-state index in [1.54, 1.807) is 0 Å². The van der Waals surface area contributed by atoms with Gasteiger partial charge >= 0.3 is 5.97 Å². The molecule has 0 rings (SSSR count). The van der Waals surface area contributed by atoms with Crippen LogP contribution in [0.5, 0.6) is 0 Å². The maximum atomic E-state index is 9.76. The molecule has 0 aromatic heterocycles. The molecule has 0 spiro atoms. The molecule has 3 nitrogen and oxygen atoms in total. The number of carboxylic acid groups (broad SMARTS) is 1. The molecule has 0 fully saturated rings. The molecular weight excluding hydrogens is 211 g/mol. The van der Waals surface area contributed by atoms with Crippen molar-refractivity contribution in [2.75, 3.05) is 0 Å². The van der Waals surface area contributed by atoms with Gasteiger partial charge in [0.05, 0.1) is 0 Å². The minimum absolute atomic E-state index is 1.20. The molecule has 1 unspecified atom stereocenters. The maximum absolute atomic E-state index is 9.76. The SMILES string of the molecule is CC(O)(I)C(=O)O. The number of carbonyl (C=O) groups is 1. The summed E-state index contributed by atoms with van der Waals surface area (Å²) in [5.41, 5.74) is 0.